The average molecular weight is 302 g/mol. The summed E-state index contributed by atoms with van der Waals surface area (Å²) in [4.78, 5) is 11.4. The minimum Gasteiger partial charge on any atom is -0.478 e. The van der Waals surface area contributed by atoms with E-state index in [9.17, 15) is 9.90 Å². The van der Waals surface area contributed by atoms with Crippen molar-refractivity contribution in [1.29, 1.82) is 0 Å². The van der Waals surface area contributed by atoms with Crippen LogP contribution in [0.5, 0.6) is 0 Å². The van der Waals surface area contributed by atoms with Crippen molar-refractivity contribution in [2.75, 3.05) is 0 Å². The predicted octanol–water partition coefficient (Wildman–Crippen LogP) is 5.37. The minimum absolute atomic E-state index is 0.442. The highest BCUT2D eigenvalue weighted by molar-refractivity contribution is 5.86. The quantitative estimate of drug-likeness (QED) is 0.696. The molecule has 2 aliphatic carbocycles. The molecule has 0 saturated heterocycles. The van der Waals surface area contributed by atoms with Crippen molar-refractivity contribution >= 4 is 5.97 Å². The van der Waals surface area contributed by atoms with Crippen LogP contribution in [0.25, 0.3) is 0 Å². The van der Waals surface area contributed by atoms with Crippen molar-refractivity contribution in [2.45, 2.75) is 59.3 Å². The predicted molar refractivity (Wildman–Crippen MR) is 91.6 cm³/mol. The van der Waals surface area contributed by atoms with Crippen molar-refractivity contribution < 1.29 is 9.90 Å². The maximum Gasteiger partial charge on any atom is 0.331 e. The minimum atomic E-state index is -0.749. The normalized spacial score (nSPS) is 30.4. The Balaban J connectivity index is 2.31. The van der Waals surface area contributed by atoms with E-state index < -0.39 is 5.97 Å². The van der Waals surface area contributed by atoms with Crippen LogP contribution in [-0.2, 0) is 4.79 Å². The SMILES string of the molecule is C=C1CCC(C(C)C)C2C=C(C)CCC=C(C(=O)O)CCC12. The van der Waals surface area contributed by atoms with Crippen LogP contribution in [0, 0.1) is 23.7 Å². The van der Waals surface area contributed by atoms with Crippen LogP contribution in [0.1, 0.15) is 59.3 Å². The molecule has 2 heteroatoms. The molecule has 2 aliphatic rings. The van der Waals surface area contributed by atoms with Crippen LogP contribution in [0.3, 0.4) is 0 Å². The van der Waals surface area contributed by atoms with E-state index in [0.29, 0.717) is 35.7 Å². The number of hydrogen-bond acceptors (Lipinski definition) is 1. The number of fused-ring (bicyclic) bond motifs is 1. The van der Waals surface area contributed by atoms with Gasteiger partial charge in [-0.25, -0.2) is 4.79 Å². The van der Waals surface area contributed by atoms with E-state index in [-0.39, 0.29) is 0 Å². The van der Waals surface area contributed by atoms with Crippen molar-refractivity contribution in [3.8, 4) is 0 Å². The lowest BCUT2D eigenvalue weighted by Crippen LogP contribution is -2.32. The fourth-order valence-electron chi connectivity index (χ4n) is 4.21. The Kier molecular flexibility index (Phi) is 5.66. The lowest BCUT2D eigenvalue weighted by Gasteiger charge is -2.41. The summed E-state index contributed by atoms with van der Waals surface area (Å²) in [5, 5.41) is 9.38. The summed E-state index contributed by atoms with van der Waals surface area (Å²) in [5.41, 5.74) is 3.32. The molecule has 0 bridgehead atoms. The van der Waals surface area contributed by atoms with Crippen molar-refractivity contribution in [2.24, 2.45) is 23.7 Å². The summed E-state index contributed by atoms with van der Waals surface area (Å²) < 4.78 is 0. The first-order chi connectivity index (χ1) is 10.4. The van der Waals surface area contributed by atoms with E-state index in [1.54, 1.807) is 0 Å². The van der Waals surface area contributed by atoms with E-state index in [0.717, 1.165) is 25.7 Å². The van der Waals surface area contributed by atoms with E-state index in [1.165, 1.54) is 17.6 Å². The van der Waals surface area contributed by atoms with Gasteiger partial charge in [-0.05, 0) is 69.1 Å². The number of carboxylic acids is 1. The molecule has 1 saturated carbocycles. The first-order valence-electron chi connectivity index (χ1n) is 8.67. The average Bonchev–Trinajstić information content (AvgIpc) is 2.44. The number of hydrogen-bond donors (Lipinski definition) is 1. The van der Waals surface area contributed by atoms with Crippen molar-refractivity contribution in [3.63, 3.8) is 0 Å². The molecule has 0 aromatic rings. The summed E-state index contributed by atoms with van der Waals surface area (Å²) in [6, 6.07) is 0. The summed E-state index contributed by atoms with van der Waals surface area (Å²) in [7, 11) is 0. The molecule has 0 heterocycles. The highest BCUT2D eigenvalue weighted by Crippen LogP contribution is 2.45. The molecule has 1 N–H and O–H groups in total. The topological polar surface area (TPSA) is 37.3 Å². The van der Waals surface area contributed by atoms with Crippen LogP contribution in [-0.4, -0.2) is 11.1 Å². The number of carbonyl (C=O) groups is 1. The Morgan fingerprint density at radius 1 is 1.27 bits per heavy atom. The van der Waals surface area contributed by atoms with Gasteiger partial charge in [0.05, 0.1) is 0 Å². The molecule has 122 valence electrons. The Morgan fingerprint density at radius 3 is 2.64 bits per heavy atom. The van der Waals surface area contributed by atoms with E-state index in [1.807, 2.05) is 6.08 Å². The third-order valence-electron chi connectivity index (χ3n) is 5.54. The molecule has 0 aromatic heterocycles. The zero-order valence-corrected chi connectivity index (χ0v) is 14.3. The monoisotopic (exact) mass is 302 g/mol. The molecule has 0 radical (unpaired) electrons. The second-order valence-corrected chi connectivity index (χ2v) is 7.41. The number of carboxylic acid groups (broad SMARTS) is 1. The van der Waals surface area contributed by atoms with Crippen molar-refractivity contribution in [3.05, 3.63) is 35.5 Å². The van der Waals surface area contributed by atoms with Crippen LogP contribution in [0.4, 0.5) is 0 Å². The van der Waals surface area contributed by atoms with Gasteiger partial charge in [0.1, 0.15) is 0 Å². The van der Waals surface area contributed by atoms with Gasteiger partial charge < -0.3 is 5.11 Å². The Hall–Kier alpha value is -1.31. The number of rotatable bonds is 2. The highest BCUT2D eigenvalue weighted by atomic mass is 16.4. The summed E-state index contributed by atoms with van der Waals surface area (Å²) in [5.74, 6) is 1.59. The molecule has 1 fully saturated rings. The molecule has 0 aliphatic heterocycles. The second kappa shape index (κ2) is 7.30. The van der Waals surface area contributed by atoms with E-state index in [4.69, 9.17) is 0 Å². The Morgan fingerprint density at radius 2 is 2.00 bits per heavy atom. The van der Waals surface area contributed by atoms with Gasteiger partial charge in [-0.1, -0.05) is 43.7 Å². The van der Waals surface area contributed by atoms with E-state index >= 15 is 0 Å². The summed E-state index contributed by atoms with van der Waals surface area (Å²) in [6.45, 7) is 11.2. The van der Waals surface area contributed by atoms with Crippen LogP contribution >= 0.6 is 0 Å². The third-order valence-corrected chi connectivity index (χ3v) is 5.54. The van der Waals surface area contributed by atoms with E-state index in [2.05, 4.69) is 33.4 Å². The highest BCUT2D eigenvalue weighted by Gasteiger charge is 2.35. The van der Waals surface area contributed by atoms with Gasteiger partial charge in [-0.3, -0.25) is 0 Å². The summed E-state index contributed by atoms with van der Waals surface area (Å²) in [6.07, 6.45) is 10.1. The van der Waals surface area contributed by atoms with Gasteiger partial charge in [-0.2, -0.15) is 0 Å². The maximum absolute atomic E-state index is 11.4. The summed E-state index contributed by atoms with van der Waals surface area (Å²) >= 11 is 0. The zero-order valence-electron chi connectivity index (χ0n) is 14.3. The fourth-order valence-corrected chi connectivity index (χ4v) is 4.21. The first-order valence-corrected chi connectivity index (χ1v) is 8.67. The largest absolute Gasteiger partial charge is 0.478 e. The molecule has 0 amide bonds. The molecular formula is C20H30O2. The zero-order chi connectivity index (χ0) is 16.3. The third kappa shape index (κ3) is 3.91. The molecule has 0 spiro atoms. The lowest BCUT2D eigenvalue weighted by molar-refractivity contribution is -0.132. The molecule has 2 nitrogen and oxygen atoms in total. The maximum atomic E-state index is 11.4. The number of aliphatic carboxylic acids is 1. The standard InChI is InChI=1S/C20H30O2/c1-13(2)17-10-8-15(4)18-11-9-16(20(21)22)7-5-6-14(3)12-19(17)18/h7,12-13,17-19H,4-6,8-11H2,1-3H3,(H,21,22). The Labute approximate surface area is 135 Å². The van der Waals surface area contributed by atoms with Gasteiger partial charge in [0, 0.05) is 5.57 Å². The molecule has 0 aromatic carbocycles. The van der Waals surface area contributed by atoms with Gasteiger partial charge >= 0.3 is 5.97 Å². The molecule has 22 heavy (non-hydrogen) atoms. The Bertz CT molecular complexity index is 496. The molecule has 3 atom stereocenters. The van der Waals surface area contributed by atoms with Crippen molar-refractivity contribution in [1.82, 2.24) is 0 Å². The van der Waals surface area contributed by atoms with Gasteiger partial charge in [0.15, 0.2) is 0 Å². The number of allylic oxidation sites excluding steroid dienone is 4. The van der Waals surface area contributed by atoms with Gasteiger partial charge in [0.25, 0.3) is 0 Å². The fraction of sp³-hybridized carbons (Fsp3) is 0.650. The smallest absolute Gasteiger partial charge is 0.331 e. The molecule has 3 unspecified atom stereocenters. The lowest BCUT2D eigenvalue weighted by atomic mass is 9.64. The van der Waals surface area contributed by atoms with Crippen LogP contribution in [0.15, 0.2) is 35.5 Å². The molecular weight excluding hydrogens is 272 g/mol. The second-order valence-electron chi connectivity index (χ2n) is 7.41. The van der Waals surface area contributed by atoms with Crippen LogP contribution < -0.4 is 0 Å². The molecule has 2 rings (SSSR count). The van der Waals surface area contributed by atoms with Crippen LogP contribution in [0.2, 0.25) is 0 Å². The first kappa shape index (κ1) is 17.1. The van der Waals surface area contributed by atoms with Gasteiger partial charge in [-0.15, -0.1) is 0 Å². The van der Waals surface area contributed by atoms with Gasteiger partial charge in [0.2, 0.25) is 0 Å².